The van der Waals surface area contributed by atoms with E-state index in [9.17, 15) is 20.0 Å². The number of fused-ring (bicyclic) bond motifs is 5. The number of hydrogen-bond donors (Lipinski definition) is 1. The molecule has 32 heavy (non-hydrogen) atoms. The van der Waals surface area contributed by atoms with E-state index in [4.69, 9.17) is 4.74 Å². The first-order chi connectivity index (χ1) is 15.5. The molecule has 1 fully saturated rings. The number of hydrogen-bond acceptors (Lipinski definition) is 6. The minimum atomic E-state index is -0.489. The van der Waals surface area contributed by atoms with Crippen LogP contribution >= 0.6 is 0 Å². The van der Waals surface area contributed by atoms with Gasteiger partial charge in [0.25, 0.3) is 11.5 Å². The lowest BCUT2D eigenvalue weighted by Gasteiger charge is -2.43. The first-order valence-electron chi connectivity index (χ1n) is 10.7. The molecule has 1 unspecified atom stereocenters. The lowest BCUT2D eigenvalue weighted by Crippen LogP contribution is -2.49. The molecule has 9 heteroatoms. The number of ether oxygens (including phenoxy) is 1. The molecule has 2 aromatic heterocycles. The highest BCUT2D eigenvalue weighted by Gasteiger charge is 2.37. The summed E-state index contributed by atoms with van der Waals surface area (Å²) >= 11 is 0. The third kappa shape index (κ3) is 3.48. The molecule has 4 heterocycles. The Bertz CT molecular complexity index is 1230. The fraction of sp³-hybridized carbons (Fsp3) is 0.391. The Morgan fingerprint density at radius 2 is 2.06 bits per heavy atom. The highest BCUT2D eigenvalue weighted by Crippen LogP contribution is 2.36. The van der Waals surface area contributed by atoms with Crippen LogP contribution in [0.5, 0.6) is 0 Å². The van der Waals surface area contributed by atoms with E-state index < -0.39 is 5.56 Å². The number of anilines is 1. The van der Waals surface area contributed by atoms with Gasteiger partial charge in [0.05, 0.1) is 6.61 Å². The monoisotopic (exact) mass is 437 g/mol. The van der Waals surface area contributed by atoms with E-state index in [1.54, 1.807) is 17.7 Å². The van der Waals surface area contributed by atoms with Crippen LogP contribution in [0.25, 0.3) is 10.9 Å². The molecule has 0 spiro atoms. The number of piperidine rings is 1. The van der Waals surface area contributed by atoms with E-state index in [1.807, 2.05) is 35.4 Å². The van der Waals surface area contributed by atoms with Gasteiger partial charge in [-0.05, 0) is 48.1 Å². The maximum Gasteiger partial charge on any atom is 0.275 e. The second kappa shape index (κ2) is 8.09. The maximum atomic E-state index is 13.4. The normalized spacial score (nSPS) is 19.8. The van der Waals surface area contributed by atoms with Crippen molar-refractivity contribution in [3.05, 3.63) is 69.4 Å². The minimum absolute atomic E-state index is 0.0151. The highest BCUT2D eigenvalue weighted by molar-refractivity contribution is 5.98. The fourth-order valence-electron chi connectivity index (χ4n) is 5.13. The molecule has 0 saturated carbocycles. The van der Waals surface area contributed by atoms with Crippen molar-refractivity contribution in [2.45, 2.75) is 25.4 Å². The average molecular weight is 437 g/mol. The first kappa shape index (κ1) is 20.7. The van der Waals surface area contributed by atoms with Gasteiger partial charge in [-0.2, -0.15) is 0 Å². The van der Waals surface area contributed by atoms with Crippen LogP contribution < -0.4 is 10.8 Å². The van der Waals surface area contributed by atoms with Gasteiger partial charge in [-0.25, -0.2) is 0 Å². The summed E-state index contributed by atoms with van der Waals surface area (Å²) in [6.07, 6.45) is 2.89. The highest BCUT2D eigenvalue weighted by atomic mass is 16.8. The largest absolute Gasteiger partial charge is 0.733 e. The SMILES string of the molecule is COCCn1ccc2ccc(C(=O)N3CC4C[C@@H](C3)Cn3c4ccc(N([O-])O)c3=O)cc21. The number of likely N-dealkylation sites (tertiary alicyclic amines) is 1. The third-order valence-electron chi connectivity index (χ3n) is 6.63. The Balaban J connectivity index is 1.41. The lowest BCUT2D eigenvalue weighted by molar-refractivity contribution is 0.0594. The number of aromatic nitrogens is 2. The van der Waals surface area contributed by atoms with Gasteiger partial charge >= 0.3 is 0 Å². The van der Waals surface area contributed by atoms with Crippen LogP contribution in [-0.4, -0.2) is 52.0 Å². The molecule has 168 valence electrons. The minimum Gasteiger partial charge on any atom is -0.733 e. The summed E-state index contributed by atoms with van der Waals surface area (Å²) in [7, 11) is 1.67. The van der Waals surface area contributed by atoms with Crippen molar-refractivity contribution in [2.24, 2.45) is 5.92 Å². The standard InChI is InChI=1S/C23H25N4O5/c1-32-9-8-24-7-6-16-2-3-17(11-21(16)24)22(28)25-12-15-10-18(14-25)19-4-5-20(27(30)31)23(29)26(19)13-15/h2-7,11,15,18,30H,8-10,12-14H2,1H3/q-1/t15-,18?/m0/s1. The second-order valence-electron chi connectivity index (χ2n) is 8.62. The molecule has 1 saturated heterocycles. The van der Waals surface area contributed by atoms with Crippen LogP contribution in [0.2, 0.25) is 0 Å². The van der Waals surface area contributed by atoms with E-state index in [0.29, 0.717) is 38.3 Å². The Hall–Kier alpha value is -3.14. The molecule has 2 aliphatic heterocycles. The molecule has 9 nitrogen and oxygen atoms in total. The van der Waals surface area contributed by atoms with Gasteiger partial charge < -0.3 is 29.2 Å². The van der Waals surface area contributed by atoms with Crippen molar-refractivity contribution in [1.82, 2.24) is 14.0 Å². The predicted molar refractivity (Wildman–Crippen MR) is 119 cm³/mol. The Labute approximate surface area is 184 Å². The summed E-state index contributed by atoms with van der Waals surface area (Å²) in [5.41, 5.74) is 1.67. The van der Waals surface area contributed by atoms with Crippen molar-refractivity contribution in [3.8, 4) is 0 Å². The van der Waals surface area contributed by atoms with E-state index in [2.05, 4.69) is 4.57 Å². The molecule has 0 aliphatic carbocycles. The summed E-state index contributed by atoms with van der Waals surface area (Å²) in [6.45, 7) is 2.80. The number of carbonyl (C=O) groups excluding carboxylic acids is 1. The number of rotatable bonds is 5. The van der Waals surface area contributed by atoms with E-state index >= 15 is 0 Å². The maximum absolute atomic E-state index is 13.4. The molecule has 1 N–H and O–H groups in total. The van der Waals surface area contributed by atoms with Crippen molar-refractivity contribution in [2.75, 3.05) is 32.0 Å². The van der Waals surface area contributed by atoms with Gasteiger partial charge in [-0.1, -0.05) is 6.07 Å². The predicted octanol–water partition coefficient (Wildman–Crippen LogP) is 2.40. The first-order valence-corrected chi connectivity index (χ1v) is 10.7. The van der Waals surface area contributed by atoms with Crippen molar-refractivity contribution < 1.29 is 14.7 Å². The summed E-state index contributed by atoms with van der Waals surface area (Å²) in [4.78, 5) is 27.9. The van der Waals surface area contributed by atoms with Gasteiger partial charge in [0.15, 0.2) is 0 Å². The number of benzene rings is 1. The van der Waals surface area contributed by atoms with Gasteiger partial charge in [-0.15, -0.1) is 0 Å². The van der Waals surface area contributed by atoms with Gasteiger partial charge in [0.2, 0.25) is 0 Å². The van der Waals surface area contributed by atoms with E-state index in [0.717, 1.165) is 23.0 Å². The van der Waals surface area contributed by atoms with Gasteiger partial charge in [0, 0.05) is 62.2 Å². The zero-order valence-corrected chi connectivity index (χ0v) is 17.8. The topological polar surface area (TPSA) is 103 Å². The van der Waals surface area contributed by atoms with Crippen LogP contribution in [0.4, 0.5) is 5.69 Å². The van der Waals surface area contributed by atoms with E-state index in [1.165, 1.54) is 6.07 Å². The Morgan fingerprint density at radius 1 is 1.22 bits per heavy atom. The fourth-order valence-corrected chi connectivity index (χ4v) is 5.13. The number of amides is 1. The van der Waals surface area contributed by atoms with Crippen LogP contribution in [0.1, 0.15) is 28.4 Å². The number of pyridine rings is 1. The zero-order valence-electron chi connectivity index (χ0n) is 17.8. The zero-order chi connectivity index (χ0) is 22.4. The number of carbonyl (C=O) groups is 1. The molecule has 1 amide bonds. The van der Waals surface area contributed by atoms with Crippen LogP contribution in [0.3, 0.4) is 0 Å². The number of methoxy groups -OCH3 is 1. The van der Waals surface area contributed by atoms with Crippen molar-refractivity contribution in [1.29, 1.82) is 0 Å². The average Bonchev–Trinajstić information content (AvgIpc) is 3.19. The van der Waals surface area contributed by atoms with Crippen molar-refractivity contribution >= 4 is 22.5 Å². The molecule has 2 bridgehead atoms. The summed E-state index contributed by atoms with van der Waals surface area (Å²) in [6, 6.07) is 10.9. The molecule has 2 aliphatic rings. The molecule has 2 atom stereocenters. The smallest absolute Gasteiger partial charge is 0.275 e. The summed E-state index contributed by atoms with van der Waals surface area (Å²) in [5, 5.41) is 21.1. The van der Waals surface area contributed by atoms with E-state index in [-0.39, 0.29) is 28.7 Å². The Kier molecular flexibility index (Phi) is 5.24. The quantitative estimate of drug-likeness (QED) is 0.615. The Morgan fingerprint density at radius 3 is 2.84 bits per heavy atom. The third-order valence-corrected chi connectivity index (χ3v) is 6.63. The summed E-state index contributed by atoms with van der Waals surface area (Å²) in [5.74, 6) is 0.113. The number of nitrogens with zero attached hydrogens (tertiary/aromatic N) is 4. The molecule has 3 aromatic rings. The summed E-state index contributed by atoms with van der Waals surface area (Å²) < 4.78 is 8.84. The van der Waals surface area contributed by atoms with Gasteiger partial charge in [-0.3, -0.25) is 14.8 Å². The molecular weight excluding hydrogens is 412 g/mol. The molecule has 0 radical (unpaired) electrons. The van der Waals surface area contributed by atoms with Crippen LogP contribution in [0, 0.1) is 11.1 Å². The van der Waals surface area contributed by atoms with Crippen molar-refractivity contribution in [3.63, 3.8) is 0 Å². The molecule has 5 rings (SSSR count). The second-order valence-corrected chi connectivity index (χ2v) is 8.62. The van der Waals surface area contributed by atoms with Crippen LogP contribution in [0.15, 0.2) is 47.4 Å². The van der Waals surface area contributed by atoms with Gasteiger partial charge in [0.1, 0.15) is 5.69 Å². The lowest BCUT2D eigenvalue weighted by atomic mass is 9.83. The van der Waals surface area contributed by atoms with Crippen LogP contribution in [-0.2, 0) is 17.8 Å². The molecular formula is C23H25N4O5-. The molecule has 1 aromatic carbocycles.